The summed E-state index contributed by atoms with van der Waals surface area (Å²) in [6.07, 6.45) is 0. The maximum absolute atomic E-state index is 12.5. The van der Waals surface area contributed by atoms with Crippen molar-refractivity contribution < 1.29 is 19.1 Å². The van der Waals surface area contributed by atoms with E-state index in [1.807, 2.05) is 18.2 Å². The lowest BCUT2D eigenvalue weighted by Crippen LogP contribution is -2.21. The van der Waals surface area contributed by atoms with Gasteiger partial charge in [-0.3, -0.25) is 14.4 Å². The lowest BCUT2D eigenvalue weighted by Gasteiger charge is -2.12. The third-order valence-electron chi connectivity index (χ3n) is 3.98. The van der Waals surface area contributed by atoms with Crippen LogP contribution in [-0.4, -0.2) is 24.3 Å². The predicted molar refractivity (Wildman–Crippen MR) is 110 cm³/mol. The van der Waals surface area contributed by atoms with Crippen LogP contribution in [0.4, 0.5) is 11.4 Å². The second kappa shape index (κ2) is 9.18. The van der Waals surface area contributed by atoms with Gasteiger partial charge in [-0.25, -0.2) is 0 Å². The molecule has 0 bridgehead atoms. The number of hydrogen-bond acceptors (Lipinski definition) is 4. The summed E-state index contributed by atoms with van der Waals surface area (Å²) in [7, 11) is 0. The smallest absolute Gasteiger partial charge is 0.262 e. The lowest BCUT2D eigenvalue weighted by molar-refractivity contribution is -0.118. The molecule has 0 saturated heterocycles. The maximum Gasteiger partial charge on any atom is 0.262 e. The zero-order chi connectivity index (χ0) is 20.6. The quantitative estimate of drug-likeness (QED) is 0.577. The number of nitrogens with one attached hydrogen (secondary N) is 2. The van der Waals surface area contributed by atoms with E-state index in [0.717, 1.165) is 0 Å². The SMILES string of the molecule is NC(=O)c1ccc(NC(=O)COc2ccccc2C(=O)Nc2ccccc2)cc1. The molecule has 0 unspecified atom stereocenters. The molecule has 7 heteroatoms. The fourth-order valence-electron chi connectivity index (χ4n) is 2.56. The van der Waals surface area contributed by atoms with Crippen LogP contribution in [0.25, 0.3) is 0 Å². The molecule has 7 nitrogen and oxygen atoms in total. The van der Waals surface area contributed by atoms with Crippen molar-refractivity contribution in [3.8, 4) is 5.75 Å². The van der Waals surface area contributed by atoms with Crippen LogP contribution in [0.15, 0.2) is 78.9 Å². The number of ether oxygens (including phenoxy) is 1. The molecule has 0 radical (unpaired) electrons. The summed E-state index contributed by atoms with van der Waals surface area (Å²) in [4.78, 5) is 35.8. The minimum atomic E-state index is -0.545. The van der Waals surface area contributed by atoms with Crippen LogP contribution in [0.1, 0.15) is 20.7 Å². The van der Waals surface area contributed by atoms with Crippen LogP contribution < -0.4 is 21.1 Å². The zero-order valence-electron chi connectivity index (χ0n) is 15.4. The number of primary amides is 1. The van der Waals surface area contributed by atoms with Gasteiger partial charge in [-0.05, 0) is 48.5 Å². The summed E-state index contributed by atoms with van der Waals surface area (Å²) >= 11 is 0. The largest absolute Gasteiger partial charge is 0.483 e. The number of carbonyl (C=O) groups is 3. The Morgan fingerprint density at radius 2 is 1.38 bits per heavy atom. The molecule has 3 aromatic carbocycles. The second-order valence-corrected chi connectivity index (χ2v) is 6.09. The van der Waals surface area contributed by atoms with Crippen LogP contribution in [0.5, 0.6) is 5.75 Å². The average Bonchev–Trinajstić information content (AvgIpc) is 2.73. The first-order valence-electron chi connectivity index (χ1n) is 8.81. The Hall–Kier alpha value is -4.13. The third-order valence-corrected chi connectivity index (χ3v) is 3.98. The van der Waals surface area contributed by atoms with Gasteiger partial charge in [0.25, 0.3) is 11.8 Å². The highest BCUT2D eigenvalue weighted by Gasteiger charge is 2.14. The van der Waals surface area contributed by atoms with Gasteiger partial charge in [0.15, 0.2) is 6.61 Å². The Morgan fingerprint density at radius 3 is 2.07 bits per heavy atom. The summed E-state index contributed by atoms with van der Waals surface area (Å²) < 4.78 is 5.54. The van der Waals surface area contributed by atoms with Crippen molar-refractivity contribution >= 4 is 29.1 Å². The van der Waals surface area contributed by atoms with E-state index in [1.165, 1.54) is 12.1 Å². The summed E-state index contributed by atoms with van der Waals surface area (Å²) in [6, 6.07) is 21.9. The van der Waals surface area contributed by atoms with Crippen molar-refractivity contribution in [1.29, 1.82) is 0 Å². The van der Waals surface area contributed by atoms with Gasteiger partial charge in [0.1, 0.15) is 5.75 Å². The molecule has 0 saturated carbocycles. The molecule has 0 spiro atoms. The number of amides is 3. The maximum atomic E-state index is 12.5. The number of nitrogens with two attached hydrogens (primary N) is 1. The monoisotopic (exact) mass is 389 g/mol. The summed E-state index contributed by atoms with van der Waals surface area (Å²) in [5, 5.41) is 5.43. The van der Waals surface area contributed by atoms with Gasteiger partial charge < -0.3 is 21.1 Å². The number of benzene rings is 3. The standard InChI is InChI=1S/C22H19N3O4/c23-21(27)15-10-12-17(13-11-15)24-20(26)14-29-19-9-5-4-8-18(19)22(28)25-16-6-2-1-3-7-16/h1-13H,14H2,(H2,23,27)(H,24,26)(H,25,28). The number of hydrogen-bond donors (Lipinski definition) is 3. The first-order chi connectivity index (χ1) is 14.0. The van der Waals surface area contributed by atoms with Crippen LogP contribution in [0.2, 0.25) is 0 Å². The zero-order valence-corrected chi connectivity index (χ0v) is 15.4. The molecule has 0 aliphatic heterocycles. The first kappa shape index (κ1) is 19.6. The topological polar surface area (TPSA) is 111 Å². The van der Waals surface area contributed by atoms with Crippen molar-refractivity contribution in [2.45, 2.75) is 0 Å². The molecule has 0 fully saturated rings. The molecule has 0 aromatic heterocycles. The second-order valence-electron chi connectivity index (χ2n) is 6.09. The highest BCUT2D eigenvalue weighted by Crippen LogP contribution is 2.20. The summed E-state index contributed by atoms with van der Waals surface area (Å²) in [6.45, 7) is -0.285. The molecule has 0 aliphatic carbocycles. The molecule has 4 N–H and O–H groups in total. The average molecular weight is 389 g/mol. The van der Waals surface area contributed by atoms with Crippen LogP contribution >= 0.6 is 0 Å². The van der Waals surface area contributed by atoms with Gasteiger partial charge in [0.2, 0.25) is 5.91 Å². The Bertz CT molecular complexity index is 1020. The summed E-state index contributed by atoms with van der Waals surface area (Å²) in [5.41, 5.74) is 7.00. The van der Waals surface area contributed by atoms with Gasteiger partial charge >= 0.3 is 0 Å². The van der Waals surface area contributed by atoms with Gasteiger partial charge in [-0.1, -0.05) is 30.3 Å². The van der Waals surface area contributed by atoms with Crippen molar-refractivity contribution in [2.24, 2.45) is 5.73 Å². The molecule has 3 amide bonds. The molecule has 3 rings (SSSR count). The summed E-state index contributed by atoms with van der Waals surface area (Å²) in [5.74, 6) is -0.999. The molecule has 146 valence electrons. The van der Waals surface area contributed by atoms with E-state index < -0.39 is 11.8 Å². The van der Waals surface area contributed by atoms with Gasteiger partial charge in [0, 0.05) is 16.9 Å². The van der Waals surface area contributed by atoms with E-state index in [9.17, 15) is 14.4 Å². The third kappa shape index (κ3) is 5.43. The molecule has 0 atom stereocenters. The van der Waals surface area contributed by atoms with Crippen molar-refractivity contribution in [2.75, 3.05) is 17.2 Å². The van der Waals surface area contributed by atoms with Gasteiger partial charge in [0.05, 0.1) is 5.56 Å². The van der Waals surface area contributed by atoms with Gasteiger partial charge in [-0.15, -0.1) is 0 Å². The normalized spacial score (nSPS) is 10.1. The van der Waals surface area contributed by atoms with E-state index in [0.29, 0.717) is 28.3 Å². The lowest BCUT2D eigenvalue weighted by atomic mass is 10.2. The molecule has 29 heavy (non-hydrogen) atoms. The molecular weight excluding hydrogens is 370 g/mol. The first-order valence-corrected chi connectivity index (χ1v) is 8.81. The highest BCUT2D eigenvalue weighted by molar-refractivity contribution is 6.06. The molecule has 3 aromatic rings. The highest BCUT2D eigenvalue weighted by atomic mass is 16.5. The van der Waals surface area contributed by atoms with Gasteiger partial charge in [-0.2, -0.15) is 0 Å². The van der Waals surface area contributed by atoms with Crippen molar-refractivity contribution in [3.63, 3.8) is 0 Å². The van der Waals surface area contributed by atoms with E-state index >= 15 is 0 Å². The van der Waals surface area contributed by atoms with Crippen molar-refractivity contribution in [3.05, 3.63) is 90.0 Å². The predicted octanol–water partition coefficient (Wildman–Crippen LogP) is 3.06. The Balaban J connectivity index is 1.61. The number of rotatable bonds is 7. The Labute approximate surface area is 167 Å². The molecular formula is C22H19N3O4. The van der Waals surface area contributed by atoms with E-state index in [2.05, 4.69) is 10.6 Å². The molecule has 0 heterocycles. The number of para-hydroxylation sites is 2. The van der Waals surface area contributed by atoms with Crippen LogP contribution in [0, 0.1) is 0 Å². The fourth-order valence-corrected chi connectivity index (χ4v) is 2.56. The van der Waals surface area contributed by atoms with E-state index in [-0.39, 0.29) is 12.5 Å². The minimum absolute atomic E-state index is 0.285. The van der Waals surface area contributed by atoms with Crippen molar-refractivity contribution in [1.82, 2.24) is 0 Å². The minimum Gasteiger partial charge on any atom is -0.483 e. The Morgan fingerprint density at radius 1 is 0.759 bits per heavy atom. The number of anilines is 2. The Kier molecular flexibility index (Phi) is 6.22. The fraction of sp³-hybridized carbons (Fsp3) is 0.0455. The van der Waals surface area contributed by atoms with E-state index in [4.69, 9.17) is 10.5 Å². The molecule has 0 aliphatic rings. The number of carbonyl (C=O) groups excluding carboxylic acids is 3. The van der Waals surface area contributed by atoms with Crippen LogP contribution in [-0.2, 0) is 4.79 Å². The van der Waals surface area contributed by atoms with E-state index in [1.54, 1.807) is 48.5 Å². The van der Waals surface area contributed by atoms with Crippen LogP contribution in [0.3, 0.4) is 0 Å².